The van der Waals surface area contributed by atoms with Crippen LogP contribution in [-0.2, 0) is 11.2 Å². The molecular weight excluding hydrogens is 236 g/mol. The van der Waals surface area contributed by atoms with Crippen LogP contribution in [0.4, 0.5) is 5.69 Å². The first-order valence-electron chi connectivity index (χ1n) is 7.30. The number of piperazine rings is 1. The Bertz CT molecular complexity index is 378. The summed E-state index contributed by atoms with van der Waals surface area (Å²) < 4.78 is 0. The second kappa shape index (κ2) is 7.82. The Morgan fingerprint density at radius 3 is 2.00 bits per heavy atom. The molecule has 0 radical (unpaired) electrons. The predicted octanol–water partition coefficient (Wildman–Crippen LogP) is 2.94. The third-order valence-electron chi connectivity index (χ3n) is 3.43. The molecule has 1 aromatic carbocycles. The van der Waals surface area contributed by atoms with Crippen LogP contribution in [0.5, 0.6) is 0 Å². The van der Waals surface area contributed by atoms with Crippen LogP contribution in [0.1, 0.15) is 33.3 Å². The van der Waals surface area contributed by atoms with E-state index in [1.54, 1.807) is 6.92 Å². The lowest BCUT2D eigenvalue weighted by atomic mass is 10.1. The van der Waals surface area contributed by atoms with E-state index in [1.807, 2.05) is 18.7 Å². The van der Waals surface area contributed by atoms with Crippen molar-refractivity contribution in [2.75, 3.05) is 31.1 Å². The van der Waals surface area contributed by atoms with Crippen LogP contribution in [-0.4, -0.2) is 37.0 Å². The largest absolute Gasteiger partial charge is 0.368 e. The summed E-state index contributed by atoms with van der Waals surface area (Å²) in [6, 6.07) is 8.74. The number of anilines is 1. The molecule has 0 N–H and O–H groups in total. The molecule has 0 unspecified atom stereocenters. The fourth-order valence-corrected chi connectivity index (χ4v) is 2.22. The average Bonchev–Trinajstić information content (AvgIpc) is 2.49. The van der Waals surface area contributed by atoms with Crippen LogP contribution >= 0.6 is 0 Å². The molecule has 0 atom stereocenters. The summed E-state index contributed by atoms with van der Waals surface area (Å²) in [6.07, 6.45) is 1.08. The van der Waals surface area contributed by atoms with Gasteiger partial charge in [0.05, 0.1) is 0 Å². The Labute approximate surface area is 117 Å². The fraction of sp³-hybridized carbons (Fsp3) is 0.562. The molecule has 1 aromatic rings. The van der Waals surface area contributed by atoms with Gasteiger partial charge in [0, 0.05) is 38.8 Å². The van der Waals surface area contributed by atoms with E-state index < -0.39 is 0 Å². The highest BCUT2D eigenvalue weighted by Gasteiger charge is 2.18. The topological polar surface area (TPSA) is 23.6 Å². The molecule has 3 nitrogen and oxygen atoms in total. The molecule has 0 aliphatic carbocycles. The number of rotatable bonds is 2. The molecule has 1 fully saturated rings. The van der Waals surface area contributed by atoms with Gasteiger partial charge in [0.2, 0.25) is 5.91 Å². The van der Waals surface area contributed by atoms with Crippen molar-refractivity contribution in [3.63, 3.8) is 0 Å². The van der Waals surface area contributed by atoms with Crippen LogP contribution in [0.15, 0.2) is 24.3 Å². The lowest BCUT2D eigenvalue weighted by molar-refractivity contribution is -0.129. The molecule has 1 aliphatic rings. The number of nitrogens with zero attached hydrogens (tertiary/aromatic N) is 2. The van der Waals surface area contributed by atoms with Gasteiger partial charge < -0.3 is 9.80 Å². The van der Waals surface area contributed by atoms with Crippen molar-refractivity contribution in [1.29, 1.82) is 0 Å². The van der Waals surface area contributed by atoms with Gasteiger partial charge in [-0.05, 0) is 24.1 Å². The molecule has 0 saturated carbocycles. The molecule has 1 saturated heterocycles. The minimum absolute atomic E-state index is 0.186. The number of carbonyl (C=O) groups excluding carboxylic acids is 1. The zero-order valence-corrected chi connectivity index (χ0v) is 12.6. The van der Waals surface area contributed by atoms with E-state index in [1.165, 1.54) is 11.3 Å². The maximum atomic E-state index is 11.2. The van der Waals surface area contributed by atoms with Gasteiger partial charge in [-0.1, -0.05) is 32.9 Å². The smallest absolute Gasteiger partial charge is 0.219 e. The van der Waals surface area contributed by atoms with Crippen molar-refractivity contribution < 1.29 is 4.79 Å². The van der Waals surface area contributed by atoms with Crippen molar-refractivity contribution in [3.8, 4) is 0 Å². The van der Waals surface area contributed by atoms with E-state index in [2.05, 4.69) is 36.1 Å². The first-order valence-corrected chi connectivity index (χ1v) is 7.30. The number of amides is 1. The Morgan fingerprint density at radius 1 is 1.05 bits per heavy atom. The van der Waals surface area contributed by atoms with Gasteiger partial charge in [-0.25, -0.2) is 0 Å². The summed E-state index contributed by atoms with van der Waals surface area (Å²) >= 11 is 0. The molecule has 0 bridgehead atoms. The van der Waals surface area contributed by atoms with Gasteiger partial charge in [0.25, 0.3) is 0 Å². The highest BCUT2D eigenvalue weighted by Crippen LogP contribution is 2.17. The third-order valence-corrected chi connectivity index (χ3v) is 3.43. The molecule has 0 spiro atoms. The molecule has 0 aromatic heterocycles. The summed E-state index contributed by atoms with van der Waals surface area (Å²) in [5.74, 6) is 0.186. The Hall–Kier alpha value is -1.51. The highest BCUT2D eigenvalue weighted by molar-refractivity contribution is 5.73. The fourth-order valence-electron chi connectivity index (χ4n) is 2.22. The summed E-state index contributed by atoms with van der Waals surface area (Å²) in [4.78, 5) is 15.5. The Balaban J connectivity index is 0.000000861. The molecule has 1 aliphatic heterocycles. The quantitative estimate of drug-likeness (QED) is 0.818. The van der Waals surface area contributed by atoms with E-state index >= 15 is 0 Å². The van der Waals surface area contributed by atoms with Crippen LogP contribution < -0.4 is 4.90 Å². The summed E-state index contributed by atoms with van der Waals surface area (Å²) in [6.45, 7) is 11.4. The lowest BCUT2D eigenvalue weighted by Crippen LogP contribution is -2.48. The van der Waals surface area contributed by atoms with Crippen LogP contribution in [0.3, 0.4) is 0 Å². The predicted molar refractivity (Wildman–Crippen MR) is 81.6 cm³/mol. The van der Waals surface area contributed by atoms with Crippen molar-refractivity contribution in [2.45, 2.75) is 34.1 Å². The number of aryl methyl sites for hydroxylation is 1. The third kappa shape index (κ3) is 4.27. The summed E-state index contributed by atoms with van der Waals surface area (Å²) in [7, 11) is 0. The standard InChI is InChI=1S/C14H20N2O.C2H6/c1-3-13-4-6-14(7-5-13)16-10-8-15(9-11-16)12(2)17;1-2/h4-7H,3,8-11H2,1-2H3;1-2H3. The molecule has 1 amide bonds. The second-order valence-corrected chi connectivity index (χ2v) is 4.51. The monoisotopic (exact) mass is 262 g/mol. The van der Waals surface area contributed by atoms with Gasteiger partial charge in [-0.15, -0.1) is 0 Å². The SMILES string of the molecule is CC.CCc1ccc(N2CCN(C(C)=O)CC2)cc1. The van der Waals surface area contributed by atoms with Crippen LogP contribution in [0.25, 0.3) is 0 Å². The number of hydrogen-bond donors (Lipinski definition) is 0. The average molecular weight is 262 g/mol. The van der Waals surface area contributed by atoms with Crippen LogP contribution in [0, 0.1) is 0 Å². The number of carbonyl (C=O) groups is 1. The minimum atomic E-state index is 0.186. The van der Waals surface area contributed by atoms with Crippen molar-refractivity contribution >= 4 is 11.6 Å². The van der Waals surface area contributed by atoms with Crippen molar-refractivity contribution in [2.24, 2.45) is 0 Å². The molecule has 19 heavy (non-hydrogen) atoms. The highest BCUT2D eigenvalue weighted by atomic mass is 16.2. The molecule has 106 valence electrons. The van der Waals surface area contributed by atoms with Crippen LogP contribution in [0.2, 0.25) is 0 Å². The number of benzene rings is 1. The van der Waals surface area contributed by atoms with Crippen molar-refractivity contribution in [1.82, 2.24) is 4.90 Å². The zero-order chi connectivity index (χ0) is 14.3. The normalized spacial score (nSPS) is 14.7. The van der Waals surface area contributed by atoms with E-state index in [9.17, 15) is 4.79 Å². The Morgan fingerprint density at radius 2 is 1.58 bits per heavy atom. The van der Waals surface area contributed by atoms with E-state index in [0.717, 1.165) is 32.6 Å². The first kappa shape index (κ1) is 15.5. The summed E-state index contributed by atoms with van der Waals surface area (Å²) in [5, 5.41) is 0. The molecular formula is C16H26N2O. The van der Waals surface area contributed by atoms with E-state index in [0.29, 0.717) is 0 Å². The summed E-state index contributed by atoms with van der Waals surface area (Å²) in [5.41, 5.74) is 2.64. The maximum absolute atomic E-state index is 11.2. The van der Waals surface area contributed by atoms with Gasteiger partial charge in [0.15, 0.2) is 0 Å². The Kier molecular flexibility index (Phi) is 6.40. The number of hydrogen-bond acceptors (Lipinski definition) is 2. The lowest BCUT2D eigenvalue weighted by Gasteiger charge is -2.35. The maximum Gasteiger partial charge on any atom is 0.219 e. The van der Waals surface area contributed by atoms with Gasteiger partial charge in [-0.3, -0.25) is 4.79 Å². The molecule has 1 heterocycles. The molecule has 3 heteroatoms. The molecule has 2 rings (SSSR count). The van der Waals surface area contributed by atoms with E-state index in [-0.39, 0.29) is 5.91 Å². The van der Waals surface area contributed by atoms with Gasteiger partial charge in [0.1, 0.15) is 0 Å². The van der Waals surface area contributed by atoms with E-state index in [4.69, 9.17) is 0 Å². The van der Waals surface area contributed by atoms with Gasteiger partial charge in [-0.2, -0.15) is 0 Å². The minimum Gasteiger partial charge on any atom is -0.368 e. The second-order valence-electron chi connectivity index (χ2n) is 4.51. The first-order chi connectivity index (χ1) is 9.20. The van der Waals surface area contributed by atoms with Gasteiger partial charge >= 0.3 is 0 Å². The van der Waals surface area contributed by atoms with Crippen molar-refractivity contribution in [3.05, 3.63) is 29.8 Å². The zero-order valence-electron chi connectivity index (χ0n) is 12.6.